The minimum Gasteiger partial charge on any atom is -0.376 e. The molecule has 0 heterocycles. The van der Waals surface area contributed by atoms with Crippen molar-refractivity contribution in [2.45, 2.75) is 66.2 Å². The lowest BCUT2D eigenvalue weighted by atomic mass is 9.91. The third-order valence-corrected chi connectivity index (χ3v) is 12.4. The van der Waals surface area contributed by atoms with E-state index in [1.54, 1.807) is 48.6 Å². The first kappa shape index (κ1) is 73.4. The van der Waals surface area contributed by atoms with Gasteiger partial charge in [0.25, 0.3) is 0 Å². The average molecular weight is 1100 g/mol. The van der Waals surface area contributed by atoms with Gasteiger partial charge in [-0.1, -0.05) is 48.6 Å². The number of amides is 4. The fourth-order valence-corrected chi connectivity index (χ4v) is 7.84. The molecule has 4 N–H and O–H groups in total. The molecule has 0 aliphatic rings. The molecule has 0 rings (SSSR count). The molecule has 78 heavy (non-hydrogen) atoms. The predicted molar refractivity (Wildman–Crippen MR) is 313 cm³/mol. The van der Waals surface area contributed by atoms with Crippen LogP contribution in [0.5, 0.6) is 0 Å². The van der Waals surface area contributed by atoms with Crippen molar-refractivity contribution in [1.29, 1.82) is 0 Å². The summed E-state index contributed by atoms with van der Waals surface area (Å²) < 4.78 is 45.7. The van der Waals surface area contributed by atoms with Gasteiger partial charge in [-0.2, -0.15) is 0 Å². The number of unbranched alkanes of at least 4 members (excludes halogenated alkanes) is 1. The number of carbonyl (C=O) groups is 4. The summed E-state index contributed by atoms with van der Waals surface area (Å²) in [6.45, 7) is 47.2. The van der Waals surface area contributed by atoms with Crippen molar-refractivity contribution < 1.29 is 57.1 Å². The molecule has 446 valence electrons. The van der Waals surface area contributed by atoms with Crippen LogP contribution in [-0.2, 0) is 57.1 Å². The Morgan fingerprint density at radius 3 is 0.615 bits per heavy atom. The Morgan fingerprint density at radius 1 is 0.308 bits per heavy atom. The zero-order valence-corrected chi connectivity index (χ0v) is 48.7. The first-order chi connectivity index (χ1) is 37.5. The van der Waals surface area contributed by atoms with Crippen molar-refractivity contribution in [3.8, 4) is 0 Å². The molecule has 0 saturated carbocycles. The van der Waals surface area contributed by atoms with Gasteiger partial charge in [0.15, 0.2) is 0 Å². The molecule has 4 amide bonds. The lowest BCUT2D eigenvalue weighted by Gasteiger charge is -2.29. The summed E-state index contributed by atoms with van der Waals surface area (Å²) in [4.78, 5) is 58.9. The van der Waals surface area contributed by atoms with E-state index in [1.165, 1.54) is 0 Å². The quantitative estimate of drug-likeness (QED) is 0.0407. The Hall–Kier alpha value is -4.60. The van der Waals surface area contributed by atoms with E-state index < -0.39 is 21.7 Å². The van der Waals surface area contributed by atoms with Crippen LogP contribution in [0.25, 0.3) is 0 Å². The van der Waals surface area contributed by atoms with Crippen LogP contribution in [0.3, 0.4) is 0 Å². The van der Waals surface area contributed by atoms with Gasteiger partial charge in [0.2, 0.25) is 23.6 Å². The van der Waals surface area contributed by atoms with E-state index in [2.05, 4.69) is 83.7 Å². The number of rotatable bonds is 57. The molecule has 0 radical (unpaired) electrons. The maximum absolute atomic E-state index is 13.5. The van der Waals surface area contributed by atoms with Crippen LogP contribution < -0.4 is 21.3 Å². The van der Waals surface area contributed by atoms with Crippen LogP contribution in [0, 0.1) is 21.7 Å². The molecule has 18 nitrogen and oxygen atoms in total. The topological polar surface area (TPSA) is 197 Å². The molecular formula is C60H104N6O12. The Labute approximate surface area is 470 Å². The van der Waals surface area contributed by atoms with E-state index in [0.717, 1.165) is 25.9 Å². The monoisotopic (exact) mass is 1100 g/mol. The van der Waals surface area contributed by atoms with E-state index >= 15 is 0 Å². The molecule has 0 atom stereocenters. The van der Waals surface area contributed by atoms with Crippen molar-refractivity contribution in [2.75, 3.05) is 171 Å². The number of nitrogens with one attached hydrogen (secondary N) is 4. The molecule has 0 fully saturated rings. The lowest BCUT2D eigenvalue weighted by Crippen LogP contribution is -2.46. The summed E-state index contributed by atoms with van der Waals surface area (Å²) in [6.07, 6.45) is 17.7. The predicted octanol–water partition coefficient (Wildman–Crippen LogP) is 6.04. The molecule has 0 unspecified atom stereocenters. The van der Waals surface area contributed by atoms with E-state index in [9.17, 15) is 19.2 Å². The molecule has 0 saturated heterocycles. The average Bonchev–Trinajstić information content (AvgIpc) is 3.42. The number of hydrogen-bond acceptors (Lipinski definition) is 14. The highest BCUT2D eigenvalue weighted by Gasteiger charge is 2.37. The van der Waals surface area contributed by atoms with E-state index in [4.69, 9.17) is 37.9 Å². The van der Waals surface area contributed by atoms with Gasteiger partial charge in [0.1, 0.15) is 0 Å². The SMILES string of the molecule is C=CCOCC(C)(COCC=C)C(=O)NCCCN(CCCCN(CCCNC(=O)C(C)(COCC=C)COCC=C)CCCNC(=O)C(C)(COCC=C)COCC=C)CCCNC(=O)C(C)(COCC=C)COCC=C. The van der Waals surface area contributed by atoms with Crippen molar-refractivity contribution >= 4 is 23.6 Å². The standard InChI is InChI=1S/C60H104N6O12/c1-13-37-71-45-57(9,46-72-38-14-2)53(67)61-27-23-33-65(34-24-28-62-54(68)58(10,47-73-39-15-3)48-74-40-16-4)31-21-22-32-66(35-25-29-63-55(69)59(11,49-75-41-17-5)50-76-42-18-6)36-26-30-64-56(70)60(12,51-77-43-19-7)52-78-44-20-8/h13-20H,1-8,21-52H2,9-12H3,(H,61,67)(H,62,68)(H,63,69)(H,64,70). The highest BCUT2D eigenvalue weighted by atomic mass is 16.5. The third-order valence-electron chi connectivity index (χ3n) is 12.4. The van der Waals surface area contributed by atoms with Gasteiger partial charge in [-0.05, 0) is 105 Å². The van der Waals surface area contributed by atoms with Gasteiger partial charge < -0.3 is 69.0 Å². The van der Waals surface area contributed by atoms with Gasteiger partial charge in [-0.25, -0.2) is 0 Å². The summed E-state index contributed by atoms with van der Waals surface area (Å²) in [5.41, 5.74) is -3.62. The highest BCUT2D eigenvalue weighted by molar-refractivity contribution is 5.84. The number of nitrogens with zero attached hydrogens (tertiary/aromatic N) is 2. The van der Waals surface area contributed by atoms with E-state index in [0.29, 0.717) is 131 Å². The third kappa shape index (κ3) is 33.7. The second kappa shape index (κ2) is 46.2. The zero-order valence-electron chi connectivity index (χ0n) is 48.7. The lowest BCUT2D eigenvalue weighted by molar-refractivity contribution is -0.138. The summed E-state index contributed by atoms with van der Waals surface area (Å²) in [5, 5.41) is 12.4. The summed E-state index contributed by atoms with van der Waals surface area (Å²) in [5.74, 6) is -0.632. The van der Waals surface area contributed by atoms with Crippen LogP contribution in [0.4, 0.5) is 0 Å². The van der Waals surface area contributed by atoms with Crippen LogP contribution in [0.2, 0.25) is 0 Å². The molecule has 0 aromatic carbocycles. The van der Waals surface area contributed by atoms with Crippen molar-refractivity contribution in [3.63, 3.8) is 0 Å². The van der Waals surface area contributed by atoms with E-state index in [1.807, 2.05) is 27.7 Å². The van der Waals surface area contributed by atoms with Crippen molar-refractivity contribution in [3.05, 3.63) is 101 Å². The second-order valence-corrected chi connectivity index (χ2v) is 20.5. The van der Waals surface area contributed by atoms with Gasteiger partial charge >= 0.3 is 0 Å². The van der Waals surface area contributed by atoms with Crippen LogP contribution >= 0.6 is 0 Å². The molecule has 0 bridgehead atoms. The Morgan fingerprint density at radius 2 is 0.462 bits per heavy atom. The Kier molecular flexibility index (Phi) is 43.5. The van der Waals surface area contributed by atoms with E-state index in [-0.39, 0.29) is 76.5 Å². The first-order valence-corrected chi connectivity index (χ1v) is 27.6. The summed E-state index contributed by atoms with van der Waals surface area (Å²) >= 11 is 0. The maximum Gasteiger partial charge on any atom is 0.230 e. The number of ether oxygens (including phenoxy) is 8. The van der Waals surface area contributed by atoms with Crippen LogP contribution in [-0.4, -0.2) is 205 Å². The van der Waals surface area contributed by atoms with Crippen molar-refractivity contribution in [2.24, 2.45) is 21.7 Å². The fraction of sp³-hybridized carbons (Fsp3) is 0.667. The Bertz CT molecular complexity index is 1430. The van der Waals surface area contributed by atoms with Gasteiger partial charge in [-0.15, -0.1) is 52.6 Å². The largest absolute Gasteiger partial charge is 0.376 e. The summed E-state index contributed by atoms with van der Waals surface area (Å²) in [7, 11) is 0. The van der Waals surface area contributed by atoms with Crippen LogP contribution in [0.15, 0.2) is 101 Å². The van der Waals surface area contributed by atoms with Gasteiger partial charge in [0, 0.05) is 26.2 Å². The molecule has 0 spiro atoms. The smallest absolute Gasteiger partial charge is 0.230 e. The van der Waals surface area contributed by atoms with Crippen LogP contribution in [0.1, 0.15) is 66.2 Å². The second-order valence-electron chi connectivity index (χ2n) is 20.5. The normalized spacial score (nSPS) is 11.9. The minimum atomic E-state index is -0.906. The molecule has 0 aliphatic heterocycles. The maximum atomic E-state index is 13.5. The van der Waals surface area contributed by atoms with Gasteiger partial charge in [-0.3, -0.25) is 19.2 Å². The number of carbonyl (C=O) groups excluding carboxylic acids is 4. The molecule has 18 heteroatoms. The van der Waals surface area contributed by atoms with Gasteiger partial charge in [0.05, 0.1) is 127 Å². The molecule has 0 aromatic rings. The fourth-order valence-electron chi connectivity index (χ4n) is 7.84. The minimum absolute atomic E-state index is 0.158. The van der Waals surface area contributed by atoms with Crippen molar-refractivity contribution in [1.82, 2.24) is 31.1 Å². The first-order valence-electron chi connectivity index (χ1n) is 27.6. The number of hydrogen-bond donors (Lipinski definition) is 4. The molecule has 0 aliphatic carbocycles. The highest BCUT2D eigenvalue weighted by Crippen LogP contribution is 2.22. The Balaban J connectivity index is 6.20. The molecule has 0 aromatic heterocycles. The zero-order chi connectivity index (χ0) is 58.2. The molecular weight excluding hydrogens is 997 g/mol. The summed E-state index contributed by atoms with van der Waals surface area (Å²) in [6, 6.07) is 0.